The van der Waals surface area contributed by atoms with Gasteiger partial charge in [0.05, 0.1) is 22.8 Å². The molecule has 0 aliphatic carbocycles. The lowest BCUT2D eigenvalue weighted by Crippen LogP contribution is -2.22. The lowest BCUT2D eigenvalue weighted by Gasteiger charge is -2.26. The number of esters is 1. The van der Waals surface area contributed by atoms with Crippen molar-refractivity contribution in [3.05, 3.63) is 94.3 Å². The number of allylic oxidation sites excluding steroid dienone is 1. The van der Waals surface area contributed by atoms with Crippen LogP contribution >= 0.6 is 0 Å². The molecule has 26 heavy (non-hydrogen) atoms. The van der Waals surface area contributed by atoms with Gasteiger partial charge in [-0.3, -0.25) is 10.1 Å². The summed E-state index contributed by atoms with van der Waals surface area (Å²) in [6.07, 6.45) is 5.37. The number of rotatable bonds is 5. The molecule has 0 aromatic heterocycles. The zero-order chi connectivity index (χ0) is 18.5. The third-order valence-electron chi connectivity index (χ3n) is 4.06. The zero-order valence-electron chi connectivity index (χ0n) is 14.2. The summed E-state index contributed by atoms with van der Waals surface area (Å²) < 4.78 is 5.20. The smallest absolute Gasteiger partial charge is 0.336 e. The monoisotopic (exact) mass is 350 g/mol. The molecule has 0 bridgehead atoms. The third kappa shape index (κ3) is 3.64. The van der Waals surface area contributed by atoms with Crippen LogP contribution < -0.4 is 4.90 Å². The molecule has 1 heterocycles. The summed E-state index contributed by atoms with van der Waals surface area (Å²) in [6.45, 7) is 2.03. The van der Waals surface area contributed by atoms with Gasteiger partial charge in [0, 0.05) is 30.5 Å². The van der Waals surface area contributed by atoms with Crippen molar-refractivity contribution in [1.82, 2.24) is 0 Å². The molecule has 1 aliphatic heterocycles. The highest BCUT2D eigenvalue weighted by Gasteiger charge is 2.26. The summed E-state index contributed by atoms with van der Waals surface area (Å²) in [6, 6.07) is 15.9. The van der Waals surface area contributed by atoms with Crippen LogP contribution in [-0.4, -0.2) is 17.5 Å². The summed E-state index contributed by atoms with van der Waals surface area (Å²) in [5.74, 6) is -0.633. The van der Waals surface area contributed by atoms with E-state index in [2.05, 4.69) is 0 Å². The maximum absolute atomic E-state index is 12.5. The van der Waals surface area contributed by atoms with E-state index in [0.717, 1.165) is 5.56 Å². The van der Waals surface area contributed by atoms with E-state index in [0.29, 0.717) is 11.3 Å². The molecule has 2 aromatic carbocycles. The quantitative estimate of drug-likeness (QED) is 0.460. The van der Waals surface area contributed by atoms with Crippen molar-refractivity contribution in [2.45, 2.75) is 12.8 Å². The van der Waals surface area contributed by atoms with Gasteiger partial charge < -0.3 is 9.64 Å². The van der Waals surface area contributed by atoms with Gasteiger partial charge in [-0.1, -0.05) is 42.5 Å². The van der Waals surface area contributed by atoms with Crippen molar-refractivity contribution in [3.63, 3.8) is 0 Å². The number of nitro groups is 1. The van der Waals surface area contributed by atoms with E-state index in [4.69, 9.17) is 4.74 Å². The molecule has 3 rings (SSSR count). The van der Waals surface area contributed by atoms with Crippen LogP contribution in [0.25, 0.3) is 0 Å². The SMILES string of the molecule is CCOC(=O)C1=CN(c2cccc([N+](=O)[O-])c2)C=CC1c1ccccc1. The van der Waals surface area contributed by atoms with Crippen LogP contribution in [0.2, 0.25) is 0 Å². The molecule has 0 amide bonds. The van der Waals surface area contributed by atoms with Gasteiger partial charge in [0.15, 0.2) is 0 Å². The van der Waals surface area contributed by atoms with E-state index in [1.807, 2.05) is 36.4 Å². The fraction of sp³-hybridized carbons (Fsp3) is 0.150. The molecule has 1 atom stereocenters. The summed E-state index contributed by atoms with van der Waals surface area (Å²) in [4.78, 5) is 24.7. The molecular formula is C20H18N2O4. The summed E-state index contributed by atoms with van der Waals surface area (Å²) in [5, 5.41) is 11.0. The van der Waals surface area contributed by atoms with Crippen molar-refractivity contribution in [3.8, 4) is 0 Å². The van der Waals surface area contributed by atoms with E-state index in [9.17, 15) is 14.9 Å². The molecule has 0 N–H and O–H groups in total. The third-order valence-corrected chi connectivity index (χ3v) is 4.06. The molecule has 1 unspecified atom stereocenters. The number of anilines is 1. The van der Waals surface area contributed by atoms with Crippen LogP contribution in [0.5, 0.6) is 0 Å². The first-order valence-corrected chi connectivity index (χ1v) is 8.25. The van der Waals surface area contributed by atoms with Crippen LogP contribution in [0.1, 0.15) is 18.4 Å². The van der Waals surface area contributed by atoms with E-state index < -0.39 is 10.9 Å². The Kier molecular flexibility index (Phi) is 5.12. The second-order valence-corrected chi connectivity index (χ2v) is 5.72. The second-order valence-electron chi connectivity index (χ2n) is 5.72. The number of nitrogens with zero attached hydrogens (tertiary/aromatic N) is 2. The van der Waals surface area contributed by atoms with Crippen molar-refractivity contribution < 1.29 is 14.5 Å². The molecule has 0 radical (unpaired) electrons. The van der Waals surface area contributed by atoms with Crippen LogP contribution in [0, 0.1) is 10.1 Å². The molecular weight excluding hydrogens is 332 g/mol. The van der Waals surface area contributed by atoms with Gasteiger partial charge in [-0.2, -0.15) is 0 Å². The molecule has 1 aliphatic rings. The molecule has 2 aromatic rings. The van der Waals surface area contributed by atoms with Gasteiger partial charge in [-0.25, -0.2) is 4.79 Å². The highest BCUT2D eigenvalue weighted by atomic mass is 16.6. The van der Waals surface area contributed by atoms with Gasteiger partial charge >= 0.3 is 5.97 Å². The lowest BCUT2D eigenvalue weighted by molar-refractivity contribution is -0.384. The fourth-order valence-corrected chi connectivity index (χ4v) is 2.83. The van der Waals surface area contributed by atoms with Gasteiger partial charge in [-0.05, 0) is 18.6 Å². The van der Waals surface area contributed by atoms with Crippen LogP contribution in [-0.2, 0) is 9.53 Å². The number of carbonyl (C=O) groups excluding carboxylic acids is 1. The summed E-state index contributed by atoms with van der Waals surface area (Å²) >= 11 is 0. The first-order valence-electron chi connectivity index (χ1n) is 8.25. The van der Waals surface area contributed by atoms with E-state index in [-0.39, 0.29) is 18.2 Å². The van der Waals surface area contributed by atoms with Crippen molar-refractivity contribution >= 4 is 17.3 Å². The highest BCUT2D eigenvalue weighted by Crippen LogP contribution is 2.33. The van der Waals surface area contributed by atoms with Crippen LogP contribution in [0.4, 0.5) is 11.4 Å². The molecule has 0 saturated heterocycles. The van der Waals surface area contributed by atoms with Gasteiger partial charge in [-0.15, -0.1) is 0 Å². The van der Waals surface area contributed by atoms with E-state index in [1.165, 1.54) is 12.1 Å². The average molecular weight is 350 g/mol. The number of benzene rings is 2. The Labute approximate surface area is 151 Å². The standard InChI is InChI=1S/C20H18N2O4/c1-2-26-20(23)19-14-21(16-9-6-10-17(13-16)22(24)25)12-11-18(19)15-7-4-3-5-8-15/h3-14,18H,2H2,1H3. The molecule has 6 nitrogen and oxygen atoms in total. The van der Waals surface area contributed by atoms with Crippen LogP contribution in [0.3, 0.4) is 0 Å². The molecule has 0 fully saturated rings. The molecule has 0 saturated carbocycles. The summed E-state index contributed by atoms with van der Waals surface area (Å²) in [7, 11) is 0. The predicted octanol–water partition coefficient (Wildman–Crippen LogP) is 4.16. The first-order chi connectivity index (χ1) is 12.6. The number of hydrogen-bond donors (Lipinski definition) is 0. The maximum atomic E-state index is 12.5. The lowest BCUT2D eigenvalue weighted by atomic mass is 9.90. The Hall–Kier alpha value is -3.41. The number of carbonyl (C=O) groups is 1. The van der Waals surface area contributed by atoms with E-state index in [1.54, 1.807) is 36.4 Å². The van der Waals surface area contributed by atoms with Crippen molar-refractivity contribution in [2.75, 3.05) is 11.5 Å². The Morgan fingerprint density at radius 3 is 2.65 bits per heavy atom. The molecule has 0 spiro atoms. The predicted molar refractivity (Wildman–Crippen MR) is 98.6 cm³/mol. The zero-order valence-corrected chi connectivity index (χ0v) is 14.2. The second kappa shape index (κ2) is 7.65. The Bertz CT molecular complexity index is 874. The first kappa shape index (κ1) is 17.4. The fourth-order valence-electron chi connectivity index (χ4n) is 2.83. The average Bonchev–Trinajstić information content (AvgIpc) is 2.68. The largest absolute Gasteiger partial charge is 0.463 e. The Morgan fingerprint density at radius 2 is 1.96 bits per heavy atom. The highest BCUT2D eigenvalue weighted by molar-refractivity contribution is 5.92. The van der Waals surface area contributed by atoms with E-state index >= 15 is 0 Å². The number of non-ortho nitro benzene ring substituents is 1. The van der Waals surface area contributed by atoms with Gasteiger partial charge in [0.25, 0.3) is 5.69 Å². The minimum atomic E-state index is -0.445. The molecule has 6 heteroatoms. The number of ether oxygens (including phenoxy) is 1. The summed E-state index contributed by atoms with van der Waals surface area (Å²) in [5.41, 5.74) is 2.05. The van der Waals surface area contributed by atoms with Crippen LogP contribution in [0.15, 0.2) is 78.6 Å². The van der Waals surface area contributed by atoms with Gasteiger partial charge in [0.2, 0.25) is 0 Å². The normalized spacial score (nSPS) is 16.1. The minimum absolute atomic E-state index is 0.00725. The van der Waals surface area contributed by atoms with Crippen molar-refractivity contribution in [1.29, 1.82) is 0 Å². The number of nitro benzene ring substituents is 1. The molecule has 132 valence electrons. The van der Waals surface area contributed by atoms with Gasteiger partial charge in [0.1, 0.15) is 0 Å². The minimum Gasteiger partial charge on any atom is -0.463 e. The topological polar surface area (TPSA) is 72.7 Å². The maximum Gasteiger partial charge on any atom is 0.336 e. The Balaban J connectivity index is 1.98. The number of hydrogen-bond acceptors (Lipinski definition) is 5. The Morgan fingerprint density at radius 1 is 1.19 bits per heavy atom. The van der Waals surface area contributed by atoms with Crippen molar-refractivity contribution in [2.24, 2.45) is 0 Å².